The zero-order chi connectivity index (χ0) is 13.1. The zero-order valence-electron chi connectivity index (χ0n) is 11.6. The van der Waals surface area contributed by atoms with E-state index in [4.69, 9.17) is 10.5 Å². The van der Waals surface area contributed by atoms with Gasteiger partial charge in [-0.2, -0.15) is 0 Å². The summed E-state index contributed by atoms with van der Waals surface area (Å²) in [5.74, 6) is 1.62. The Balaban J connectivity index is 2.08. The number of nitrogens with two attached hydrogens (primary N) is 1. The van der Waals surface area contributed by atoms with Crippen molar-refractivity contribution in [3.05, 3.63) is 23.8 Å². The number of anilines is 1. The third kappa shape index (κ3) is 2.96. The van der Waals surface area contributed by atoms with E-state index in [1.165, 1.54) is 24.9 Å². The predicted molar refractivity (Wildman–Crippen MR) is 75.7 cm³/mol. The molecule has 100 valence electrons. The van der Waals surface area contributed by atoms with Crippen molar-refractivity contribution in [1.29, 1.82) is 0 Å². The summed E-state index contributed by atoms with van der Waals surface area (Å²) in [6.07, 6.45) is 2.63. The summed E-state index contributed by atoms with van der Waals surface area (Å²) < 4.78 is 5.18. The van der Waals surface area contributed by atoms with Gasteiger partial charge in [0.1, 0.15) is 5.75 Å². The molecule has 0 aliphatic carbocycles. The highest BCUT2D eigenvalue weighted by atomic mass is 16.5. The van der Waals surface area contributed by atoms with Gasteiger partial charge in [-0.05, 0) is 37.3 Å². The summed E-state index contributed by atoms with van der Waals surface area (Å²) in [6.45, 7) is 6.76. The largest absolute Gasteiger partial charge is 0.497 e. The molecular formula is C15H24N2O. The van der Waals surface area contributed by atoms with Crippen LogP contribution in [0.2, 0.25) is 0 Å². The summed E-state index contributed by atoms with van der Waals surface area (Å²) >= 11 is 0. The maximum Gasteiger partial charge on any atom is 0.120 e. The molecule has 0 amide bonds. The first-order valence-electron chi connectivity index (χ1n) is 6.76. The van der Waals surface area contributed by atoms with E-state index in [1.54, 1.807) is 7.11 Å². The van der Waals surface area contributed by atoms with Crippen LogP contribution >= 0.6 is 0 Å². The lowest BCUT2D eigenvalue weighted by Crippen LogP contribution is -2.40. The highest BCUT2D eigenvalue weighted by Crippen LogP contribution is 2.26. The fourth-order valence-electron chi connectivity index (χ4n) is 2.66. The molecule has 2 atom stereocenters. The molecule has 2 rings (SSSR count). The van der Waals surface area contributed by atoms with E-state index in [0.717, 1.165) is 23.9 Å². The number of ether oxygens (including phenoxy) is 1. The minimum Gasteiger partial charge on any atom is -0.497 e. The van der Waals surface area contributed by atoms with Crippen molar-refractivity contribution >= 4 is 5.69 Å². The molecule has 1 aromatic rings. The van der Waals surface area contributed by atoms with E-state index in [-0.39, 0.29) is 0 Å². The third-order valence-corrected chi connectivity index (χ3v) is 3.97. The number of likely N-dealkylation sites (tertiary alicyclic amines) is 1. The van der Waals surface area contributed by atoms with Crippen LogP contribution in [0, 0.1) is 5.92 Å². The molecule has 3 heteroatoms. The van der Waals surface area contributed by atoms with Gasteiger partial charge in [-0.1, -0.05) is 13.0 Å². The Bertz CT molecular complexity index is 405. The van der Waals surface area contributed by atoms with Crippen molar-refractivity contribution in [1.82, 2.24) is 4.90 Å². The lowest BCUT2D eigenvalue weighted by atomic mass is 9.94. The fraction of sp³-hybridized carbons (Fsp3) is 0.600. The van der Waals surface area contributed by atoms with E-state index in [0.29, 0.717) is 6.04 Å². The van der Waals surface area contributed by atoms with Gasteiger partial charge in [0, 0.05) is 30.9 Å². The standard InChI is InChI=1S/C15H24N2O/c1-11-4-5-12(2)17(9-11)10-13-6-7-14(18-3)8-15(13)16/h6-8,11-12H,4-5,9-10,16H2,1-3H3. The van der Waals surface area contributed by atoms with Crippen molar-refractivity contribution < 1.29 is 4.74 Å². The topological polar surface area (TPSA) is 38.5 Å². The smallest absolute Gasteiger partial charge is 0.120 e. The van der Waals surface area contributed by atoms with E-state index in [9.17, 15) is 0 Å². The highest BCUT2D eigenvalue weighted by Gasteiger charge is 2.23. The predicted octanol–water partition coefficient (Wildman–Crippen LogP) is 2.90. The lowest BCUT2D eigenvalue weighted by Gasteiger charge is -2.37. The van der Waals surface area contributed by atoms with Gasteiger partial charge in [-0.3, -0.25) is 4.90 Å². The minimum atomic E-state index is 0.655. The summed E-state index contributed by atoms with van der Waals surface area (Å²) in [4.78, 5) is 2.53. The van der Waals surface area contributed by atoms with Gasteiger partial charge in [0.2, 0.25) is 0 Å². The van der Waals surface area contributed by atoms with Crippen LogP contribution in [0.25, 0.3) is 0 Å². The number of hydrogen-bond donors (Lipinski definition) is 1. The van der Waals surface area contributed by atoms with Crippen molar-refractivity contribution in [2.75, 3.05) is 19.4 Å². The maximum atomic E-state index is 6.09. The van der Waals surface area contributed by atoms with Gasteiger partial charge in [0.25, 0.3) is 0 Å². The number of nitrogen functional groups attached to an aromatic ring is 1. The number of benzene rings is 1. The molecule has 0 aromatic heterocycles. The van der Waals surface area contributed by atoms with Crippen LogP contribution in [0.3, 0.4) is 0 Å². The molecule has 0 radical (unpaired) electrons. The van der Waals surface area contributed by atoms with Crippen molar-refractivity contribution in [2.45, 2.75) is 39.3 Å². The first-order valence-corrected chi connectivity index (χ1v) is 6.76. The van der Waals surface area contributed by atoms with Crippen molar-refractivity contribution in [2.24, 2.45) is 5.92 Å². The molecule has 3 nitrogen and oxygen atoms in total. The quantitative estimate of drug-likeness (QED) is 0.836. The third-order valence-electron chi connectivity index (χ3n) is 3.97. The van der Waals surface area contributed by atoms with Crippen molar-refractivity contribution in [3.8, 4) is 5.75 Å². The zero-order valence-corrected chi connectivity index (χ0v) is 11.6. The Morgan fingerprint density at radius 1 is 1.33 bits per heavy atom. The lowest BCUT2D eigenvalue weighted by molar-refractivity contribution is 0.117. The van der Waals surface area contributed by atoms with Gasteiger partial charge >= 0.3 is 0 Å². The molecule has 0 bridgehead atoms. The van der Waals surface area contributed by atoms with Crippen molar-refractivity contribution in [3.63, 3.8) is 0 Å². The average molecular weight is 248 g/mol. The molecule has 1 aliphatic heterocycles. The van der Waals surface area contributed by atoms with Crippen LogP contribution in [0.1, 0.15) is 32.3 Å². The number of rotatable bonds is 3. The van der Waals surface area contributed by atoms with Crippen LogP contribution in [-0.2, 0) is 6.54 Å². The summed E-state index contributed by atoms with van der Waals surface area (Å²) in [5.41, 5.74) is 8.13. The van der Waals surface area contributed by atoms with E-state index < -0.39 is 0 Å². The normalized spacial score (nSPS) is 25.1. The van der Waals surface area contributed by atoms with Gasteiger partial charge < -0.3 is 10.5 Å². The Morgan fingerprint density at radius 3 is 2.78 bits per heavy atom. The Morgan fingerprint density at radius 2 is 2.11 bits per heavy atom. The molecule has 1 aliphatic rings. The molecule has 1 fully saturated rings. The number of piperidine rings is 1. The van der Waals surface area contributed by atoms with Gasteiger partial charge in [-0.15, -0.1) is 0 Å². The average Bonchev–Trinajstić information content (AvgIpc) is 2.36. The first kappa shape index (κ1) is 13.2. The molecule has 1 saturated heterocycles. The monoisotopic (exact) mass is 248 g/mol. The minimum absolute atomic E-state index is 0.655. The van der Waals surface area contributed by atoms with E-state index in [2.05, 4.69) is 24.8 Å². The Hall–Kier alpha value is -1.22. The molecular weight excluding hydrogens is 224 g/mol. The molecule has 2 N–H and O–H groups in total. The molecule has 2 unspecified atom stereocenters. The molecule has 18 heavy (non-hydrogen) atoms. The first-order chi connectivity index (χ1) is 8.60. The molecule has 0 saturated carbocycles. The van der Waals surface area contributed by atoms with Crippen LogP contribution in [0.15, 0.2) is 18.2 Å². The van der Waals surface area contributed by atoms with Gasteiger partial charge in [0.05, 0.1) is 7.11 Å². The van der Waals surface area contributed by atoms with Gasteiger partial charge in [-0.25, -0.2) is 0 Å². The van der Waals surface area contributed by atoms with E-state index in [1.807, 2.05) is 12.1 Å². The second-order valence-electron chi connectivity index (χ2n) is 5.53. The van der Waals surface area contributed by atoms with Crippen LogP contribution < -0.4 is 10.5 Å². The van der Waals surface area contributed by atoms with Crippen LogP contribution in [0.4, 0.5) is 5.69 Å². The fourth-order valence-corrected chi connectivity index (χ4v) is 2.66. The second kappa shape index (κ2) is 5.61. The van der Waals surface area contributed by atoms with Gasteiger partial charge in [0.15, 0.2) is 0 Å². The summed E-state index contributed by atoms with van der Waals surface area (Å²) in [6, 6.07) is 6.64. The highest BCUT2D eigenvalue weighted by molar-refractivity contribution is 5.51. The Kier molecular flexibility index (Phi) is 4.12. The van der Waals surface area contributed by atoms with E-state index >= 15 is 0 Å². The molecule has 1 aromatic carbocycles. The summed E-state index contributed by atoms with van der Waals surface area (Å²) in [5, 5.41) is 0. The number of methoxy groups -OCH3 is 1. The second-order valence-corrected chi connectivity index (χ2v) is 5.53. The molecule has 0 spiro atoms. The van der Waals surface area contributed by atoms with Crippen LogP contribution in [0.5, 0.6) is 5.75 Å². The summed E-state index contributed by atoms with van der Waals surface area (Å²) in [7, 11) is 1.67. The number of nitrogens with zero attached hydrogens (tertiary/aromatic N) is 1. The maximum absolute atomic E-state index is 6.09. The SMILES string of the molecule is COc1ccc(CN2CC(C)CCC2C)c(N)c1. The molecule has 1 heterocycles. The van der Waals surface area contributed by atoms with Crippen LogP contribution in [-0.4, -0.2) is 24.6 Å². The number of hydrogen-bond acceptors (Lipinski definition) is 3. The Labute approximate surface area is 110 Å².